The van der Waals surface area contributed by atoms with Gasteiger partial charge in [-0.05, 0) is 169 Å². The maximum Gasteiger partial charge on any atom is 0.408 e. The minimum atomic E-state index is -1.05. The van der Waals surface area contributed by atoms with Crippen molar-refractivity contribution < 1.29 is 101 Å². The molecule has 3 saturated heterocycles. The number of alkyl carbamates (subject to hydrolysis) is 2. The number of nitrogens with one attached hydrogen (secondary N) is 9. The summed E-state index contributed by atoms with van der Waals surface area (Å²) in [5.74, 6) is -2.74. The Balaban J connectivity index is 0.000000137. The molecule has 0 radical (unpaired) electrons. The highest BCUT2D eigenvalue weighted by atomic mass is 35.5. The Morgan fingerprint density at radius 3 is 1.18 bits per heavy atom. The number of para-hydroxylation sites is 3. The van der Waals surface area contributed by atoms with Crippen molar-refractivity contribution in [1.29, 1.82) is 5.26 Å². The molecule has 11 atom stereocenters. The normalized spacial score (nSPS) is 21.8. The summed E-state index contributed by atoms with van der Waals surface area (Å²) in [6, 6.07) is 50.8. The van der Waals surface area contributed by atoms with E-state index in [1.165, 1.54) is 27.5 Å². The topological polar surface area (TPSA) is 564 Å². The minimum absolute atomic E-state index is 0.0181. The monoisotopic (exact) mass is 2000 g/mol. The molecule has 5 aliphatic carbocycles. The number of ether oxygens (including phenoxy) is 4. The maximum absolute atomic E-state index is 14.0. The van der Waals surface area contributed by atoms with E-state index in [0.717, 1.165) is 144 Å². The molecule has 764 valence electrons. The average Bonchev–Trinajstić information content (AvgIpc) is 1.58. The number of primary amides is 2. The number of aromatic nitrogens is 2. The third-order valence-electron chi connectivity index (χ3n) is 30.2. The van der Waals surface area contributed by atoms with Gasteiger partial charge >= 0.3 is 30.1 Å². The first-order chi connectivity index (χ1) is 69.8. The van der Waals surface area contributed by atoms with Crippen molar-refractivity contribution in [3.8, 4) is 17.6 Å². The van der Waals surface area contributed by atoms with Crippen LogP contribution in [0.25, 0.3) is 21.8 Å². The van der Waals surface area contributed by atoms with Crippen LogP contribution in [0.1, 0.15) is 196 Å². The summed E-state index contributed by atoms with van der Waals surface area (Å²) in [6.45, 7) is 0.478. The molecule has 8 heterocycles. The first kappa shape index (κ1) is 104. The zero-order chi connectivity index (χ0) is 103. The molecule has 7 aromatic carbocycles. The lowest BCUT2D eigenvalue weighted by molar-refractivity contribution is -0.140. The largest absolute Gasteiger partial charge is 0.496 e. The van der Waals surface area contributed by atoms with Gasteiger partial charge in [0.15, 0.2) is 0 Å². The van der Waals surface area contributed by atoms with E-state index >= 15 is 0 Å². The highest BCUT2D eigenvalue weighted by Gasteiger charge is 2.61. The summed E-state index contributed by atoms with van der Waals surface area (Å²) < 4.78 is 20.9. The van der Waals surface area contributed by atoms with E-state index in [1.807, 2.05) is 158 Å². The molecule has 0 bridgehead atoms. The molecule has 0 unspecified atom stereocenters. The van der Waals surface area contributed by atoms with Crippen LogP contribution in [0.15, 0.2) is 182 Å². The van der Waals surface area contributed by atoms with Crippen LogP contribution in [0.4, 0.5) is 26.7 Å². The number of anilines is 3. The minimum Gasteiger partial charge on any atom is -0.496 e. The second kappa shape index (κ2) is 46.7. The van der Waals surface area contributed by atoms with Crippen LogP contribution >= 0.6 is 11.8 Å². The number of nitrogens with zero attached hydrogens (tertiary/aromatic N) is 4. The lowest BCUT2D eigenvalue weighted by Crippen LogP contribution is -2.54. The first-order valence-electron chi connectivity index (χ1n) is 49.3. The highest BCUT2D eigenvalue weighted by Crippen LogP contribution is 2.51. The van der Waals surface area contributed by atoms with Gasteiger partial charge in [0.1, 0.15) is 78.4 Å². The van der Waals surface area contributed by atoms with Gasteiger partial charge in [-0.3, -0.25) is 47.9 Å². The van der Waals surface area contributed by atoms with Crippen LogP contribution in [0.3, 0.4) is 0 Å². The second-order valence-electron chi connectivity index (χ2n) is 39.4. The van der Waals surface area contributed by atoms with Crippen molar-refractivity contribution >= 4 is 134 Å². The van der Waals surface area contributed by atoms with Gasteiger partial charge in [-0.25, -0.2) is 24.0 Å². The van der Waals surface area contributed by atoms with Gasteiger partial charge in [0.25, 0.3) is 5.91 Å². The van der Waals surface area contributed by atoms with Crippen molar-refractivity contribution in [3.05, 3.63) is 221 Å². The summed E-state index contributed by atoms with van der Waals surface area (Å²) in [7, 11) is 3.13. The number of hydrogen-bond donors (Lipinski definition) is 15. The number of carboxylic acid groups (broad SMARTS) is 3. The quantitative estimate of drug-likeness (QED) is 0.0194. The number of benzene rings is 7. The van der Waals surface area contributed by atoms with Gasteiger partial charge in [0, 0.05) is 64.9 Å². The fourth-order valence-electron chi connectivity index (χ4n) is 21.0. The number of hydrogen-bond acceptors (Lipinski definition) is 21. The van der Waals surface area contributed by atoms with E-state index in [1.54, 1.807) is 38.5 Å². The summed E-state index contributed by atoms with van der Waals surface area (Å²) in [4.78, 5) is 187. The molecule has 8 fully saturated rings. The lowest BCUT2D eigenvalue weighted by atomic mass is 9.79. The van der Waals surface area contributed by atoms with Gasteiger partial charge < -0.3 is 108 Å². The zero-order valence-electron chi connectivity index (χ0n) is 80.7. The van der Waals surface area contributed by atoms with Crippen molar-refractivity contribution in [2.45, 2.75) is 225 Å². The SMILES string of the molecule is COc1cccc2[nH]c(C(=O)N[C@@H](CC3CCC3)C(=O)N3C[C@]4(C[C@H]3C#N)C(=O)Nc3ccccc34)cc12.COc1cccc2[nH]c(C(=O)O)cc12.NC(=O)[C@@H]1C[C@@]2(CN1C(=O)[C@@H](N)CC1CCC1)C(=O)Nc1ccccc12.NC(=O)[C@@H]1C[C@@]2(CN1C(=O)[C@H](CC1CCC1)NC(=O)OCc1ccccc1)C(=O)Nc1ccccc12.O=C(N[C@@H](CC1CCC1)C(=O)O)OCc1ccccc1.O=C(O)[C@H](CC1CCC1)NCl. The Hall–Kier alpha value is -14.9. The fraction of sp³-hybridized carbons (Fsp3) is 0.430. The molecule has 2 aromatic heterocycles. The van der Waals surface area contributed by atoms with E-state index in [-0.39, 0.29) is 87.3 Å². The first-order valence-corrected chi connectivity index (χ1v) is 49.7. The molecule has 145 heavy (non-hydrogen) atoms. The third-order valence-corrected chi connectivity index (χ3v) is 30.5. The molecule has 11 aliphatic rings. The molecule has 5 saturated carbocycles. The van der Waals surface area contributed by atoms with E-state index in [2.05, 4.69) is 52.8 Å². The Bertz CT molecular complexity index is 6340. The lowest BCUT2D eigenvalue weighted by Gasteiger charge is -2.33. The molecule has 11 amide bonds. The molecule has 6 aliphatic heterocycles. The van der Waals surface area contributed by atoms with Crippen LogP contribution in [0.2, 0.25) is 0 Å². The average molecular weight is 2000 g/mol. The smallest absolute Gasteiger partial charge is 0.408 e. The summed E-state index contributed by atoms with van der Waals surface area (Å²) in [6.07, 6.45) is 18.2. The molecule has 20 rings (SSSR count). The second-order valence-corrected chi connectivity index (χ2v) is 39.6. The van der Waals surface area contributed by atoms with Gasteiger partial charge in [-0.15, -0.1) is 0 Å². The number of methoxy groups -OCH3 is 2. The Morgan fingerprint density at radius 1 is 0.441 bits per heavy atom. The van der Waals surface area contributed by atoms with Crippen LogP contribution in [-0.4, -0.2) is 205 Å². The van der Waals surface area contributed by atoms with Crippen molar-refractivity contribution in [3.63, 3.8) is 0 Å². The van der Waals surface area contributed by atoms with Gasteiger partial charge in [-0.1, -0.05) is 224 Å². The summed E-state index contributed by atoms with van der Waals surface area (Å²) >= 11 is 5.26. The number of amides is 11. The molecular weight excluding hydrogens is 1880 g/mol. The van der Waals surface area contributed by atoms with E-state index in [9.17, 15) is 72.4 Å². The number of aromatic carboxylic acids is 1. The van der Waals surface area contributed by atoms with E-state index in [0.29, 0.717) is 84.6 Å². The number of aromatic amines is 2. The van der Waals surface area contributed by atoms with Crippen LogP contribution < -0.4 is 63.4 Å². The van der Waals surface area contributed by atoms with E-state index in [4.69, 9.17) is 63.2 Å². The Kier molecular flexibility index (Phi) is 33.6. The van der Waals surface area contributed by atoms with Gasteiger partial charge in [0.05, 0.1) is 42.6 Å². The van der Waals surface area contributed by atoms with Crippen molar-refractivity contribution in [2.75, 3.05) is 49.8 Å². The number of carbonyl (C=O) groups excluding carboxylic acids is 11. The predicted octanol–water partition coefficient (Wildman–Crippen LogP) is 12.2. The van der Waals surface area contributed by atoms with Crippen molar-refractivity contribution in [2.24, 2.45) is 46.8 Å². The summed E-state index contributed by atoms with van der Waals surface area (Å²) in [5, 5.41) is 54.8. The van der Waals surface area contributed by atoms with Crippen LogP contribution in [-0.2, 0) is 86.9 Å². The van der Waals surface area contributed by atoms with Crippen LogP contribution in [0.5, 0.6) is 11.5 Å². The molecule has 38 heteroatoms. The van der Waals surface area contributed by atoms with E-state index < -0.39 is 118 Å². The van der Waals surface area contributed by atoms with Gasteiger partial charge in [-0.2, -0.15) is 5.26 Å². The molecule has 9 aromatic rings. The standard InChI is InChI=1S/C29H29N5O4.C27H30N4O5.C19H24N4O3.C15H19NO4.C10H9NO3.C7H12ClNO2/c1-38-25-11-5-10-21-19(25)13-23(31-21)26(35)32-24(12-17-6-4-7-17)27(36)34-16-29(14-18(34)15-30)20-8-2-3-9-22(20)33-28(29)37;28-23(32)22-14-27(19-11-4-5-12-20(19)29-25(27)34)16-31(22)24(33)21(13-17-9-6-10-17)30-26(35)36-15-18-7-2-1-3-8-18;20-13(8-11-4-3-5-11)17(25)23-10-19(9-15(23)16(21)24)12-6-1-2-7-14(12)22-18(19)26;17-14(18)13(9-11-7-4-8-11)16-15(19)20-10-12-5-2-1-3-6-12;1-14-9-4-2-3-7-6(9)5-8(11-7)10(12)13;8-9-6(7(10)11)4-5-2-1-3-5/h2-3,5,8-11,13,17-18,24,31H,4,6-7,12,14,16H2,1H3,(H,32,35)(H,33,37);1-5,7-8,11-12,17,21-22H,6,9-10,13-16H2,(H2,28,32)(H,29,34)(H,30,35);1-2,6-7,11,13,15H,3-5,8-10,20H2,(H2,21,24)(H,22,26);1-3,5-6,11,13H,4,7-10H2,(H,16,19)(H,17,18);2-5,11H,1H3,(H,12,13);5-6,9H,1-4H2,(H,10,11)/t18-,24-,29-;21-,22-,27-;13-,15-,19-;13-;;6-/m0000.0/s1. The number of carbonyl (C=O) groups is 14. The fourth-order valence-corrected chi connectivity index (χ4v) is 21.2. The van der Waals surface area contributed by atoms with Gasteiger partial charge in [0.2, 0.25) is 47.3 Å². The number of fused-ring (bicyclic) bond motifs is 8. The maximum atomic E-state index is 14.0. The third kappa shape index (κ3) is 23.8. The molecule has 37 nitrogen and oxygen atoms in total. The summed E-state index contributed by atoms with van der Waals surface area (Å²) in [5.41, 5.74) is 22.7. The van der Waals surface area contributed by atoms with Crippen molar-refractivity contribution in [1.82, 2.24) is 45.5 Å². The number of nitriles is 1. The number of likely N-dealkylation sites (tertiary alicyclic amines) is 3. The molecule has 3 spiro atoms. The predicted molar refractivity (Wildman–Crippen MR) is 535 cm³/mol. The highest BCUT2D eigenvalue weighted by molar-refractivity contribution is 6.15. The molecule has 18 N–H and O–H groups in total. The number of halogens is 1. The zero-order valence-corrected chi connectivity index (χ0v) is 81.5. The van der Waals surface area contributed by atoms with Crippen LogP contribution in [0, 0.1) is 40.9 Å². The number of H-pyrrole nitrogens is 2. The number of aliphatic carboxylic acids is 2. The number of nitrogens with two attached hydrogens (primary N) is 3. The number of rotatable bonds is 29. The molecular formula is C107H123ClN16O21. The number of carboxylic acids is 3. The Morgan fingerprint density at radius 2 is 0.793 bits per heavy atom. The Labute approximate surface area is 842 Å².